The second-order valence-corrected chi connectivity index (χ2v) is 8.26. The second kappa shape index (κ2) is 8.47. The number of aliphatic hydroxyl groups is 1. The van der Waals surface area contributed by atoms with E-state index in [4.69, 9.17) is 5.73 Å². The van der Waals surface area contributed by atoms with Gasteiger partial charge >= 0.3 is 0 Å². The summed E-state index contributed by atoms with van der Waals surface area (Å²) in [6.45, 7) is 3.01. The van der Waals surface area contributed by atoms with Crippen molar-refractivity contribution in [3.63, 3.8) is 0 Å². The monoisotopic (exact) mass is 427 g/mol. The summed E-state index contributed by atoms with van der Waals surface area (Å²) in [6, 6.07) is 7.74. The Morgan fingerprint density at radius 1 is 1.33 bits per heavy atom. The fraction of sp³-hybridized carbons (Fsp3) is 0.286. The van der Waals surface area contributed by atoms with Crippen molar-refractivity contribution in [2.45, 2.75) is 19.1 Å². The Balaban J connectivity index is 1.54. The predicted molar refractivity (Wildman–Crippen MR) is 115 cm³/mol. The highest BCUT2D eigenvalue weighted by Crippen LogP contribution is 2.30. The fourth-order valence-corrected chi connectivity index (χ4v) is 4.42. The van der Waals surface area contributed by atoms with Gasteiger partial charge in [0, 0.05) is 42.2 Å². The van der Waals surface area contributed by atoms with E-state index in [1.54, 1.807) is 42.0 Å². The number of nitrogens with two attached hydrogens (primary N) is 1. The molecule has 7 nitrogen and oxygen atoms in total. The van der Waals surface area contributed by atoms with E-state index in [1.165, 1.54) is 17.4 Å². The molecule has 0 saturated carbocycles. The zero-order valence-electron chi connectivity index (χ0n) is 16.3. The van der Waals surface area contributed by atoms with Gasteiger partial charge < -0.3 is 21.1 Å². The highest BCUT2D eigenvalue weighted by molar-refractivity contribution is 7.13. The van der Waals surface area contributed by atoms with Crippen LogP contribution < -0.4 is 16.0 Å². The third-order valence-electron chi connectivity index (χ3n) is 5.19. The van der Waals surface area contributed by atoms with E-state index in [0.717, 1.165) is 5.69 Å². The number of nitrogens with zero attached hydrogens (tertiary/aromatic N) is 3. The maximum atomic E-state index is 14.0. The molecule has 1 amide bonds. The van der Waals surface area contributed by atoms with Crippen LogP contribution in [0, 0.1) is 11.7 Å². The molecule has 3 atom stereocenters. The number of nitrogens with one attached hydrogen (secondary N) is 1. The Hall–Kier alpha value is -2.88. The summed E-state index contributed by atoms with van der Waals surface area (Å²) in [5.41, 5.74) is 7.94. The molecule has 3 unspecified atom stereocenters. The van der Waals surface area contributed by atoms with Crippen molar-refractivity contribution < 1.29 is 14.3 Å². The Bertz CT molecular complexity index is 1050. The standard InChI is InChI=1S/C21H22FN5O2S/c1-12-9-27(10-15(23)19(12)28)18-6-7-24-8-16(18)25-20(29)17-11-30-21(26-17)13-4-2-3-5-14(13)22/h2-8,11-12,15,19,28H,9-10,23H2,1H3,(H,25,29). The Labute approximate surface area is 177 Å². The van der Waals surface area contributed by atoms with Crippen LogP contribution in [0.15, 0.2) is 48.1 Å². The molecule has 9 heteroatoms. The maximum absolute atomic E-state index is 14.0. The van der Waals surface area contributed by atoms with Crippen LogP contribution in [0.4, 0.5) is 15.8 Å². The summed E-state index contributed by atoms with van der Waals surface area (Å²) >= 11 is 1.21. The summed E-state index contributed by atoms with van der Waals surface area (Å²) in [7, 11) is 0. The van der Waals surface area contributed by atoms with Crippen LogP contribution in [0.2, 0.25) is 0 Å². The van der Waals surface area contributed by atoms with Crippen LogP contribution in [0.5, 0.6) is 0 Å². The lowest BCUT2D eigenvalue weighted by Gasteiger charge is -2.40. The van der Waals surface area contributed by atoms with Gasteiger partial charge in [-0.25, -0.2) is 9.37 Å². The van der Waals surface area contributed by atoms with Gasteiger partial charge in [0.2, 0.25) is 0 Å². The summed E-state index contributed by atoms with van der Waals surface area (Å²) in [5.74, 6) is -0.795. The number of hydrogen-bond donors (Lipinski definition) is 3. The minimum absolute atomic E-state index is 0.00710. The zero-order valence-corrected chi connectivity index (χ0v) is 17.1. The smallest absolute Gasteiger partial charge is 0.275 e. The first kappa shape index (κ1) is 20.4. The van der Waals surface area contributed by atoms with Gasteiger partial charge in [-0.1, -0.05) is 19.1 Å². The molecule has 1 aliphatic rings. The number of carbonyl (C=O) groups excluding carboxylic acids is 1. The third-order valence-corrected chi connectivity index (χ3v) is 6.06. The van der Waals surface area contributed by atoms with E-state index in [2.05, 4.69) is 15.3 Å². The first-order chi connectivity index (χ1) is 14.4. The number of thiazole rings is 1. The Kier molecular flexibility index (Phi) is 5.76. The first-order valence-corrected chi connectivity index (χ1v) is 10.5. The van der Waals surface area contributed by atoms with Crippen LogP contribution in [0.25, 0.3) is 10.6 Å². The number of pyridine rings is 1. The quantitative estimate of drug-likeness (QED) is 0.591. The first-order valence-electron chi connectivity index (χ1n) is 9.58. The number of benzene rings is 1. The molecular weight excluding hydrogens is 405 g/mol. The average molecular weight is 428 g/mol. The van der Waals surface area contributed by atoms with Gasteiger partial charge in [0.05, 0.1) is 23.7 Å². The molecule has 30 heavy (non-hydrogen) atoms. The second-order valence-electron chi connectivity index (χ2n) is 7.40. The number of piperidine rings is 1. The number of amides is 1. The van der Waals surface area contributed by atoms with Crippen LogP contribution in [-0.2, 0) is 0 Å². The lowest BCUT2D eigenvalue weighted by molar-refractivity contribution is 0.0785. The Morgan fingerprint density at radius 2 is 2.13 bits per heavy atom. The van der Waals surface area contributed by atoms with Gasteiger partial charge in [0.1, 0.15) is 16.5 Å². The summed E-state index contributed by atoms with van der Waals surface area (Å²) < 4.78 is 14.0. The van der Waals surface area contributed by atoms with Crippen molar-refractivity contribution >= 4 is 28.6 Å². The molecule has 3 heterocycles. The molecule has 0 radical (unpaired) electrons. The average Bonchev–Trinajstić information content (AvgIpc) is 3.22. The van der Waals surface area contributed by atoms with Crippen molar-refractivity contribution in [1.82, 2.24) is 9.97 Å². The molecule has 2 aromatic heterocycles. The van der Waals surface area contributed by atoms with Crippen LogP contribution in [-0.4, -0.2) is 46.2 Å². The van der Waals surface area contributed by atoms with E-state index in [-0.39, 0.29) is 23.5 Å². The molecule has 1 aromatic carbocycles. The van der Waals surface area contributed by atoms with Gasteiger partial charge in [-0.2, -0.15) is 0 Å². The van der Waals surface area contributed by atoms with Gasteiger partial charge in [-0.3, -0.25) is 9.78 Å². The fourth-order valence-electron chi connectivity index (χ4n) is 3.59. The molecule has 1 aliphatic heterocycles. The molecule has 0 spiro atoms. The zero-order chi connectivity index (χ0) is 21.3. The SMILES string of the molecule is CC1CN(c2ccncc2NC(=O)c2csc(-c3ccccc3F)n2)CC(N)C1O. The molecule has 1 saturated heterocycles. The topological polar surface area (TPSA) is 104 Å². The summed E-state index contributed by atoms with van der Waals surface area (Å²) in [6.07, 6.45) is 2.65. The predicted octanol–water partition coefficient (Wildman–Crippen LogP) is 2.74. The number of carbonyl (C=O) groups is 1. The van der Waals surface area contributed by atoms with Gasteiger partial charge in [-0.05, 0) is 18.2 Å². The lowest BCUT2D eigenvalue weighted by Crippen LogP contribution is -2.55. The van der Waals surface area contributed by atoms with E-state index >= 15 is 0 Å². The number of anilines is 2. The van der Waals surface area contributed by atoms with Gasteiger partial charge in [-0.15, -0.1) is 11.3 Å². The number of aliphatic hydroxyl groups excluding tert-OH is 1. The molecule has 156 valence electrons. The third kappa shape index (κ3) is 4.04. The van der Waals surface area contributed by atoms with Crippen molar-refractivity contribution in [2.24, 2.45) is 11.7 Å². The molecular formula is C21H22FN5O2S. The highest BCUT2D eigenvalue weighted by Gasteiger charge is 2.32. The Morgan fingerprint density at radius 3 is 2.90 bits per heavy atom. The largest absolute Gasteiger partial charge is 0.391 e. The van der Waals surface area contributed by atoms with Crippen LogP contribution >= 0.6 is 11.3 Å². The number of halogens is 1. The molecule has 3 aromatic rings. The van der Waals surface area contributed by atoms with Crippen molar-refractivity contribution in [1.29, 1.82) is 0 Å². The molecule has 1 fully saturated rings. The number of rotatable bonds is 4. The molecule has 4 N–H and O–H groups in total. The van der Waals surface area contributed by atoms with E-state index in [0.29, 0.717) is 29.3 Å². The lowest BCUT2D eigenvalue weighted by atomic mass is 9.92. The van der Waals surface area contributed by atoms with Crippen molar-refractivity contribution in [3.8, 4) is 10.6 Å². The maximum Gasteiger partial charge on any atom is 0.275 e. The minimum atomic E-state index is -0.562. The summed E-state index contributed by atoms with van der Waals surface area (Å²) in [5, 5.41) is 15.0. The van der Waals surface area contributed by atoms with E-state index in [1.807, 2.05) is 11.8 Å². The number of hydrogen-bond acceptors (Lipinski definition) is 7. The van der Waals surface area contributed by atoms with E-state index in [9.17, 15) is 14.3 Å². The highest BCUT2D eigenvalue weighted by atomic mass is 32.1. The van der Waals surface area contributed by atoms with Crippen molar-refractivity contribution in [2.75, 3.05) is 23.3 Å². The molecule has 0 aliphatic carbocycles. The summed E-state index contributed by atoms with van der Waals surface area (Å²) in [4.78, 5) is 23.2. The van der Waals surface area contributed by atoms with Crippen molar-refractivity contribution in [3.05, 3.63) is 59.6 Å². The molecule has 0 bridgehead atoms. The van der Waals surface area contributed by atoms with E-state index < -0.39 is 12.0 Å². The normalized spacial score (nSPS) is 21.5. The van der Waals surface area contributed by atoms with Gasteiger partial charge in [0.15, 0.2) is 0 Å². The molecule has 4 rings (SSSR count). The minimum Gasteiger partial charge on any atom is -0.391 e. The van der Waals surface area contributed by atoms with Crippen LogP contribution in [0.1, 0.15) is 17.4 Å². The van der Waals surface area contributed by atoms with Crippen LogP contribution in [0.3, 0.4) is 0 Å². The number of aromatic nitrogens is 2. The van der Waals surface area contributed by atoms with Gasteiger partial charge in [0.25, 0.3) is 5.91 Å².